The molecule has 2 heterocycles. The zero-order chi connectivity index (χ0) is 14.5. The molecule has 108 valence electrons. The molecule has 0 aromatic carbocycles. The van der Waals surface area contributed by atoms with Crippen LogP contribution in [0.25, 0.3) is 5.95 Å². The Morgan fingerprint density at radius 2 is 2.15 bits per heavy atom. The Hall–Kier alpha value is -2.22. The van der Waals surface area contributed by atoms with Crippen LogP contribution in [0.3, 0.4) is 0 Å². The molecule has 0 bridgehead atoms. The molecule has 2 aromatic rings. The van der Waals surface area contributed by atoms with Gasteiger partial charge in [0.05, 0.1) is 0 Å². The maximum atomic E-state index is 5.45. The molecular weight excluding hydrogens is 256 g/mol. The molecule has 0 aliphatic carbocycles. The number of nitrogen functional groups attached to an aromatic ring is 1. The number of imidazole rings is 1. The van der Waals surface area contributed by atoms with Gasteiger partial charge in [0.2, 0.25) is 17.8 Å². The van der Waals surface area contributed by atoms with E-state index in [1.807, 2.05) is 0 Å². The van der Waals surface area contributed by atoms with E-state index >= 15 is 0 Å². The van der Waals surface area contributed by atoms with Gasteiger partial charge in [-0.2, -0.15) is 15.0 Å². The summed E-state index contributed by atoms with van der Waals surface area (Å²) in [5.41, 5.74) is 2.48. The lowest BCUT2D eigenvalue weighted by molar-refractivity contribution is 0.612. The summed E-state index contributed by atoms with van der Waals surface area (Å²) in [5.74, 6) is 6.87. The highest BCUT2D eigenvalue weighted by Crippen LogP contribution is 2.16. The van der Waals surface area contributed by atoms with Gasteiger partial charge < -0.3 is 4.90 Å². The molecule has 1 atom stereocenters. The van der Waals surface area contributed by atoms with Crippen molar-refractivity contribution < 1.29 is 0 Å². The van der Waals surface area contributed by atoms with Gasteiger partial charge in [-0.25, -0.2) is 10.8 Å². The van der Waals surface area contributed by atoms with Crippen molar-refractivity contribution in [2.24, 2.45) is 5.84 Å². The number of hydrogen-bond donors (Lipinski definition) is 2. The highest BCUT2D eigenvalue weighted by atomic mass is 15.4. The molecule has 0 aliphatic rings. The minimum atomic E-state index is 0.334. The Bertz CT molecular complexity index is 538. The molecule has 2 aromatic heterocycles. The molecule has 0 spiro atoms. The topological polar surface area (TPSA) is 97.8 Å². The lowest BCUT2D eigenvalue weighted by Crippen LogP contribution is -2.34. The van der Waals surface area contributed by atoms with Gasteiger partial charge in [0.15, 0.2) is 0 Å². The first-order valence-electron chi connectivity index (χ1n) is 6.67. The summed E-state index contributed by atoms with van der Waals surface area (Å²) in [6.07, 6.45) is 6.09. The summed E-state index contributed by atoms with van der Waals surface area (Å²) in [7, 11) is 0. The van der Waals surface area contributed by atoms with Gasteiger partial charge in [0.1, 0.15) is 6.33 Å². The predicted octanol–water partition coefficient (Wildman–Crippen LogP) is 0.968. The second-order valence-corrected chi connectivity index (χ2v) is 4.42. The van der Waals surface area contributed by atoms with Crippen LogP contribution < -0.4 is 16.2 Å². The molecule has 2 rings (SSSR count). The standard InChI is InChI=1S/C12H20N8/c1-4-9(3)20(5-2)12-16-10(18-13)15-11(17-12)19-7-6-14-8-19/h6-9H,4-5,13H2,1-3H3,(H,15,16,17,18). The van der Waals surface area contributed by atoms with Gasteiger partial charge >= 0.3 is 0 Å². The van der Waals surface area contributed by atoms with Crippen molar-refractivity contribution in [3.8, 4) is 5.95 Å². The molecule has 0 radical (unpaired) electrons. The molecule has 0 amide bonds. The van der Waals surface area contributed by atoms with Crippen molar-refractivity contribution in [1.82, 2.24) is 24.5 Å². The van der Waals surface area contributed by atoms with Gasteiger partial charge in [0.25, 0.3) is 0 Å². The van der Waals surface area contributed by atoms with Crippen molar-refractivity contribution >= 4 is 11.9 Å². The highest BCUT2D eigenvalue weighted by molar-refractivity contribution is 5.40. The van der Waals surface area contributed by atoms with Crippen LogP contribution in [0.5, 0.6) is 0 Å². The maximum absolute atomic E-state index is 5.45. The summed E-state index contributed by atoms with van der Waals surface area (Å²) in [6, 6.07) is 0.337. The number of nitrogens with zero attached hydrogens (tertiary/aromatic N) is 6. The number of nitrogens with two attached hydrogens (primary N) is 1. The van der Waals surface area contributed by atoms with E-state index in [4.69, 9.17) is 5.84 Å². The number of hydrogen-bond acceptors (Lipinski definition) is 7. The average molecular weight is 276 g/mol. The fourth-order valence-electron chi connectivity index (χ4n) is 1.91. The van der Waals surface area contributed by atoms with E-state index < -0.39 is 0 Å². The minimum absolute atomic E-state index is 0.334. The molecule has 3 N–H and O–H groups in total. The quantitative estimate of drug-likeness (QED) is 0.599. The Balaban J connectivity index is 2.44. The zero-order valence-corrected chi connectivity index (χ0v) is 12.0. The van der Waals surface area contributed by atoms with Crippen LogP contribution in [0.15, 0.2) is 18.7 Å². The Kier molecular flexibility index (Phi) is 4.46. The summed E-state index contributed by atoms with van der Waals surface area (Å²) < 4.78 is 1.72. The average Bonchev–Trinajstić information content (AvgIpc) is 3.01. The fraction of sp³-hybridized carbons (Fsp3) is 0.500. The molecule has 0 saturated heterocycles. The summed E-state index contributed by atoms with van der Waals surface area (Å²) >= 11 is 0. The molecule has 20 heavy (non-hydrogen) atoms. The first kappa shape index (κ1) is 14.2. The van der Waals surface area contributed by atoms with Crippen LogP contribution in [0.1, 0.15) is 27.2 Å². The fourth-order valence-corrected chi connectivity index (χ4v) is 1.91. The van der Waals surface area contributed by atoms with Gasteiger partial charge in [-0.05, 0) is 20.3 Å². The minimum Gasteiger partial charge on any atom is -0.338 e. The van der Waals surface area contributed by atoms with E-state index in [0.717, 1.165) is 13.0 Å². The number of aromatic nitrogens is 5. The highest BCUT2D eigenvalue weighted by Gasteiger charge is 2.17. The normalized spacial score (nSPS) is 12.2. The van der Waals surface area contributed by atoms with Crippen LogP contribution >= 0.6 is 0 Å². The second-order valence-electron chi connectivity index (χ2n) is 4.42. The van der Waals surface area contributed by atoms with Crippen LogP contribution in [0, 0.1) is 0 Å². The third-order valence-corrected chi connectivity index (χ3v) is 3.20. The molecular formula is C12H20N8. The van der Waals surface area contributed by atoms with Gasteiger partial charge in [-0.3, -0.25) is 9.99 Å². The SMILES string of the molecule is CCC(C)N(CC)c1nc(NN)nc(-n2ccnc2)n1. The van der Waals surface area contributed by atoms with Gasteiger partial charge in [-0.1, -0.05) is 6.92 Å². The second kappa shape index (κ2) is 6.29. The number of anilines is 2. The number of nitrogens with one attached hydrogen (secondary N) is 1. The van der Waals surface area contributed by atoms with Crippen molar-refractivity contribution in [2.45, 2.75) is 33.2 Å². The Morgan fingerprint density at radius 3 is 2.70 bits per heavy atom. The van der Waals surface area contributed by atoms with Gasteiger partial charge in [0, 0.05) is 25.0 Å². The smallest absolute Gasteiger partial charge is 0.243 e. The first-order valence-corrected chi connectivity index (χ1v) is 6.67. The lowest BCUT2D eigenvalue weighted by Gasteiger charge is -2.27. The Labute approximate surface area is 118 Å². The van der Waals surface area contributed by atoms with E-state index in [2.05, 4.69) is 51.0 Å². The third-order valence-electron chi connectivity index (χ3n) is 3.20. The maximum Gasteiger partial charge on any atom is 0.243 e. The molecule has 0 aliphatic heterocycles. The molecule has 8 heteroatoms. The number of rotatable bonds is 6. The summed E-state index contributed by atoms with van der Waals surface area (Å²) in [6.45, 7) is 7.15. The van der Waals surface area contributed by atoms with Gasteiger partial charge in [-0.15, -0.1) is 0 Å². The van der Waals surface area contributed by atoms with E-state index in [1.54, 1.807) is 23.3 Å². The summed E-state index contributed by atoms with van der Waals surface area (Å²) in [5, 5.41) is 0. The van der Waals surface area contributed by atoms with E-state index in [0.29, 0.717) is 23.9 Å². The van der Waals surface area contributed by atoms with E-state index in [1.165, 1.54) is 0 Å². The van der Waals surface area contributed by atoms with Crippen LogP contribution in [0.4, 0.5) is 11.9 Å². The third kappa shape index (κ3) is 2.85. The van der Waals surface area contributed by atoms with Crippen molar-refractivity contribution in [3.63, 3.8) is 0 Å². The van der Waals surface area contributed by atoms with E-state index in [-0.39, 0.29) is 0 Å². The van der Waals surface area contributed by atoms with Crippen molar-refractivity contribution in [3.05, 3.63) is 18.7 Å². The monoisotopic (exact) mass is 276 g/mol. The molecule has 1 unspecified atom stereocenters. The van der Waals surface area contributed by atoms with Crippen molar-refractivity contribution in [1.29, 1.82) is 0 Å². The summed E-state index contributed by atoms with van der Waals surface area (Å²) in [4.78, 5) is 19.2. The van der Waals surface area contributed by atoms with Crippen LogP contribution in [-0.2, 0) is 0 Å². The predicted molar refractivity (Wildman–Crippen MR) is 77.5 cm³/mol. The zero-order valence-electron chi connectivity index (χ0n) is 12.0. The number of hydrazine groups is 1. The van der Waals surface area contributed by atoms with Crippen LogP contribution in [0.2, 0.25) is 0 Å². The first-order chi connectivity index (χ1) is 9.69. The van der Waals surface area contributed by atoms with E-state index in [9.17, 15) is 0 Å². The molecule has 8 nitrogen and oxygen atoms in total. The largest absolute Gasteiger partial charge is 0.338 e. The van der Waals surface area contributed by atoms with Crippen LogP contribution in [-0.4, -0.2) is 37.1 Å². The molecule has 0 fully saturated rings. The van der Waals surface area contributed by atoms with Crippen molar-refractivity contribution in [2.75, 3.05) is 16.9 Å². The lowest BCUT2D eigenvalue weighted by atomic mass is 10.2. The molecule has 0 saturated carbocycles. The Morgan fingerprint density at radius 1 is 1.35 bits per heavy atom.